The Kier molecular flexibility index (Phi) is 3.70. The number of aromatic nitrogens is 2. The van der Waals surface area contributed by atoms with Crippen LogP contribution in [-0.2, 0) is 0 Å². The summed E-state index contributed by atoms with van der Waals surface area (Å²) in [6, 6.07) is 0. The van der Waals surface area contributed by atoms with Crippen LogP contribution in [0.3, 0.4) is 0 Å². The van der Waals surface area contributed by atoms with Gasteiger partial charge in [-0.15, -0.1) is 0 Å². The molecular weight excluding hydrogens is 235 g/mol. The lowest BCUT2D eigenvalue weighted by Crippen LogP contribution is -2.35. The predicted molar refractivity (Wildman–Crippen MR) is 47.6 cm³/mol. The normalized spacial score (nSPS) is 13.7. The zero-order valence-corrected chi connectivity index (χ0v) is 8.05. The van der Waals surface area contributed by atoms with Gasteiger partial charge >= 0.3 is 6.18 Å². The topological polar surface area (TPSA) is 58.0 Å². The molecule has 0 aliphatic rings. The summed E-state index contributed by atoms with van der Waals surface area (Å²) in [7, 11) is 0. The Balaban J connectivity index is 2.55. The van der Waals surface area contributed by atoms with Gasteiger partial charge in [-0.05, 0) is 0 Å². The van der Waals surface area contributed by atoms with Crippen LogP contribution in [0.5, 0.6) is 0 Å². The standard InChI is InChI=1S/C7H7ClF3N3O/c8-5-6(13-2-1-12-5)14-3-4(15)7(9,10)11/h1-2,4,15H,3H2,(H,13,14). The average molecular weight is 242 g/mol. The molecule has 1 unspecified atom stereocenters. The summed E-state index contributed by atoms with van der Waals surface area (Å²) in [5.74, 6) is 0.00228. The zero-order chi connectivity index (χ0) is 11.5. The lowest BCUT2D eigenvalue weighted by Gasteiger charge is -2.15. The molecule has 1 rings (SSSR count). The van der Waals surface area contributed by atoms with Crippen LogP contribution in [0.15, 0.2) is 12.4 Å². The summed E-state index contributed by atoms with van der Waals surface area (Å²) in [4.78, 5) is 7.25. The molecule has 1 aromatic heterocycles. The van der Waals surface area contributed by atoms with E-state index in [2.05, 4.69) is 15.3 Å². The molecule has 1 atom stereocenters. The lowest BCUT2D eigenvalue weighted by atomic mass is 10.3. The van der Waals surface area contributed by atoms with Crippen molar-refractivity contribution in [1.29, 1.82) is 0 Å². The molecule has 0 fully saturated rings. The highest BCUT2D eigenvalue weighted by atomic mass is 35.5. The van der Waals surface area contributed by atoms with Crippen LogP contribution in [-0.4, -0.2) is 33.9 Å². The van der Waals surface area contributed by atoms with Crippen LogP contribution in [0.1, 0.15) is 0 Å². The molecule has 0 aromatic carbocycles. The summed E-state index contributed by atoms with van der Waals surface area (Å²) in [6.45, 7) is -0.720. The molecule has 0 aliphatic carbocycles. The Morgan fingerprint density at radius 1 is 1.40 bits per heavy atom. The highest BCUT2D eigenvalue weighted by Gasteiger charge is 2.37. The number of nitrogens with zero attached hydrogens (tertiary/aromatic N) is 2. The number of hydrogen-bond donors (Lipinski definition) is 2. The second-order valence-electron chi connectivity index (χ2n) is 2.63. The van der Waals surface area contributed by atoms with Gasteiger partial charge in [0.1, 0.15) is 0 Å². The minimum atomic E-state index is -4.66. The maximum Gasteiger partial charge on any atom is 0.416 e. The van der Waals surface area contributed by atoms with Crippen molar-refractivity contribution in [2.24, 2.45) is 0 Å². The first kappa shape index (κ1) is 12.0. The number of aliphatic hydroxyl groups is 1. The summed E-state index contributed by atoms with van der Waals surface area (Å²) >= 11 is 5.52. The molecule has 2 N–H and O–H groups in total. The molecule has 8 heteroatoms. The van der Waals surface area contributed by atoms with E-state index in [9.17, 15) is 13.2 Å². The number of aliphatic hydroxyl groups excluding tert-OH is 1. The highest BCUT2D eigenvalue weighted by molar-refractivity contribution is 6.31. The van der Waals surface area contributed by atoms with Gasteiger partial charge in [-0.2, -0.15) is 13.2 Å². The maximum atomic E-state index is 11.9. The number of nitrogens with one attached hydrogen (secondary N) is 1. The number of anilines is 1. The molecule has 84 valence electrons. The molecule has 0 aliphatic heterocycles. The molecule has 0 radical (unpaired) electrons. The van der Waals surface area contributed by atoms with Crippen LogP contribution < -0.4 is 5.32 Å². The van der Waals surface area contributed by atoms with Crippen molar-refractivity contribution in [3.05, 3.63) is 17.5 Å². The third kappa shape index (κ3) is 3.52. The van der Waals surface area contributed by atoms with E-state index in [1.54, 1.807) is 0 Å². The number of rotatable bonds is 3. The van der Waals surface area contributed by atoms with E-state index in [1.165, 1.54) is 12.4 Å². The summed E-state index contributed by atoms with van der Waals surface area (Å²) in [5, 5.41) is 10.9. The van der Waals surface area contributed by atoms with Crippen molar-refractivity contribution in [1.82, 2.24) is 9.97 Å². The molecule has 4 nitrogen and oxygen atoms in total. The summed E-state index contributed by atoms with van der Waals surface area (Å²) in [5.41, 5.74) is 0. The van der Waals surface area contributed by atoms with Gasteiger partial charge in [-0.3, -0.25) is 0 Å². The third-order valence-corrected chi connectivity index (χ3v) is 1.77. The fraction of sp³-hybridized carbons (Fsp3) is 0.429. The van der Waals surface area contributed by atoms with Crippen molar-refractivity contribution in [2.45, 2.75) is 12.3 Å². The molecule has 1 aromatic rings. The first-order valence-corrected chi connectivity index (χ1v) is 4.24. The van der Waals surface area contributed by atoms with E-state index < -0.39 is 18.8 Å². The van der Waals surface area contributed by atoms with Crippen molar-refractivity contribution in [2.75, 3.05) is 11.9 Å². The fourth-order valence-electron chi connectivity index (χ4n) is 0.749. The Hall–Kier alpha value is -1.08. The molecular formula is C7H7ClF3N3O. The van der Waals surface area contributed by atoms with Gasteiger partial charge in [0, 0.05) is 12.4 Å². The predicted octanol–water partition coefficient (Wildman–Crippen LogP) is 1.47. The van der Waals surface area contributed by atoms with Crippen LogP contribution in [0.4, 0.5) is 19.0 Å². The molecule has 0 bridgehead atoms. The molecule has 0 spiro atoms. The quantitative estimate of drug-likeness (QED) is 0.841. The highest BCUT2D eigenvalue weighted by Crippen LogP contribution is 2.21. The monoisotopic (exact) mass is 241 g/mol. The van der Waals surface area contributed by atoms with Gasteiger partial charge in [0.15, 0.2) is 17.1 Å². The van der Waals surface area contributed by atoms with Crippen molar-refractivity contribution in [3.8, 4) is 0 Å². The Bertz CT molecular complexity index is 334. The lowest BCUT2D eigenvalue weighted by molar-refractivity contribution is -0.198. The summed E-state index contributed by atoms with van der Waals surface area (Å²) in [6.07, 6.45) is -4.56. The second-order valence-corrected chi connectivity index (χ2v) is 2.99. The van der Waals surface area contributed by atoms with Crippen LogP contribution in [0, 0.1) is 0 Å². The van der Waals surface area contributed by atoms with E-state index in [1.807, 2.05) is 0 Å². The molecule has 0 saturated carbocycles. The second kappa shape index (κ2) is 4.63. The van der Waals surface area contributed by atoms with Crippen LogP contribution in [0.2, 0.25) is 5.15 Å². The maximum absolute atomic E-state index is 11.9. The minimum absolute atomic E-state index is 0.00228. The average Bonchev–Trinajstić information content (AvgIpc) is 2.14. The van der Waals surface area contributed by atoms with Crippen molar-refractivity contribution < 1.29 is 18.3 Å². The van der Waals surface area contributed by atoms with E-state index in [0.717, 1.165) is 0 Å². The molecule has 15 heavy (non-hydrogen) atoms. The van der Waals surface area contributed by atoms with E-state index in [0.29, 0.717) is 0 Å². The van der Waals surface area contributed by atoms with Gasteiger partial charge in [0.25, 0.3) is 0 Å². The summed E-state index contributed by atoms with van der Waals surface area (Å²) < 4.78 is 35.7. The number of halogens is 4. The van der Waals surface area contributed by atoms with Gasteiger partial charge < -0.3 is 10.4 Å². The largest absolute Gasteiger partial charge is 0.416 e. The zero-order valence-electron chi connectivity index (χ0n) is 7.29. The van der Waals surface area contributed by atoms with Crippen LogP contribution in [0.25, 0.3) is 0 Å². The van der Waals surface area contributed by atoms with Gasteiger partial charge in [-0.1, -0.05) is 11.6 Å². The van der Waals surface area contributed by atoms with Crippen LogP contribution >= 0.6 is 11.6 Å². The van der Waals surface area contributed by atoms with Crippen molar-refractivity contribution >= 4 is 17.4 Å². The van der Waals surface area contributed by atoms with Gasteiger partial charge in [-0.25, -0.2) is 9.97 Å². The van der Waals surface area contributed by atoms with Gasteiger partial charge in [0.2, 0.25) is 0 Å². The van der Waals surface area contributed by atoms with E-state index >= 15 is 0 Å². The Morgan fingerprint density at radius 3 is 2.53 bits per heavy atom. The molecule has 1 heterocycles. The Labute approximate surface area is 88.1 Å². The molecule has 0 amide bonds. The number of hydrogen-bond acceptors (Lipinski definition) is 4. The number of alkyl halides is 3. The third-order valence-electron chi connectivity index (χ3n) is 1.49. The van der Waals surface area contributed by atoms with E-state index in [-0.39, 0.29) is 11.0 Å². The fourth-order valence-corrected chi connectivity index (χ4v) is 0.921. The first-order valence-electron chi connectivity index (χ1n) is 3.86. The first-order chi connectivity index (χ1) is 6.91. The SMILES string of the molecule is OC(CNc1nccnc1Cl)C(F)(F)F. The minimum Gasteiger partial charge on any atom is -0.382 e. The smallest absolute Gasteiger partial charge is 0.382 e. The van der Waals surface area contributed by atoms with E-state index in [4.69, 9.17) is 16.7 Å². The molecule has 0 saturated heterocycles. The van der Waals surface area contributed by atoms with Gasteiger partial charge in [0.05, 0.1) is 6.54 Å². The Morgan fingerprint density at radius 2 is 2.00 bits per heavy atom. The van der Waals surface area contributed by atoms with Crippen molar-refractivity contribution in [3.63, 3.8) is 0 Å².